The van der Waals surface area contributed by atoms with Gasteiger partial charge in [0.2, 0.25) is 0 Å². The van der Waals surface area contributed by atoms with Crippen molar-refractivity contribution in [1.82, 2.24) is 4.98 Å². The summed E-state index contributed by atoms with van der Waals surface area (Å²) in [6, 6.07) is 1.43. The second-order valence-corrected chi connectivity index (χ2v) is 5.18. The van der Waals surface area contributed by atoms with Gasteiger partial charge in [-0.25, -0.2) is 9.37 Å². The number of halogens is 2. The first-order chi connectivity index (χ1) is 8.25. The molecule has 0 fully saturated rings. The van der Waals surface area contributed by atoms with E-state index in [9.17, 15) is 4.39 Å². The molecule has 0 aliphatic heterocycles. The zero-order valence-electron chi connectivity index (χ0n) is 9.68. The Bertz CT molecular complexity index is 418. The number of hydrogen-bond donors (Lipinski definition) is 1. The van der Waals surface area contributed by atoms with Crippen molar-refractivity contribution in [2.45, 2.75) is 32.1 Å². The van der Waals surface area contributed by atoms with Crippen LogP contribution >= 0.6 is 15.9 Å². The summed E-state index contributed by atoms with van der Waals surface area (Å²) in [5.74, 6) is 0.0293. The van der Waals surface area contributed by atoms with Crippen LogP contribution in [0.15, 0.2) is 28.4 Å². The zero-order chi connectivity index (χ0) is 12.1. The monoisotopic (exact) mass is 298 g/mol. The summed E-state index contributed by atoms with van der Waals surface area (Å²) in [5.41, 5.74) is 1.49. The second-order valence-electron chi connectivity index (χ2n) is 4.27. The van der Waals surface area contributed by atoms with E-state index in [0.717, 1.165) is 13.0 Å². The van der Waals surface area contributed by atoms with Gasteiger partial charge in [-0.15, -0.1) is 0 Å². The van der Waals surface area contributed by atoms with Crippen LogP contribution in [0.4, 0.5) is 10.2 Å². The first-order valence-electron chi connectivity index (χ1n) is 5.98. The first-order valence-corrected chi connectivity index (χ1v) is 6.78. The molecular formula is C13H16BrFN2. The van der Waals surface area contributed by atoms with Crippen LogP contribution in [0, 0.1) is 5.82 Å². The quantitative estimate of drug-likeness (QED) is 0.839. The summed E-state index contributed by atoms with van der Waals surface area (Å²) in [4.78, 5) is 4.01. The molecule has 0 bridgehead atoms. The number of pyridine rings is 1. The number of allylic oxidation sites excluding steroid dienone is 1. The molecule has 1 N–H and O–H groups in total. The van der Waals surface area contributed by atoms with E-state index in [4.69, 9.17) is 0 Å². The Labute approximate surface area is 109 Å². The highest BCUT2D eigenvalue weighted by molar-refractivity contribution is 9.10. The minimum Gasteiger partial charge on any atom is -0.367 e. The average Bonchev–Trinajstić information content (AvgIpc) is 2.33. The Hall–Kier alpha value is -0.900. The molecule has 1 aromatic heterocycles. The minimum atomic E-state index is -0.308. The predicted molar refractivity (Wildman–Crippen MR) is 71.6 cm³/mol. The molecule has 2 rings (SSSR count). The minimum absolute atomic E-state index is 0.308. The fraction of sp³-hybridized carbons (Fsp3) is 0.462. The third-order valence-corrected chi connectivity index (χ3v) is 3.37. The number of hydrogen-bond acceptors (Lipinski definition) is 2. The van der Waals surface area contributed by atoms with Gasteiger partial charge in [0, 0.05) is 17.2 Å². The van der Waals surface area contributed by atoms with Crippen molar-refractivity contribution in [2.24, 2.45) is 0 Å². The molecule has 2 nitrogen and oxygen atoms in total. The van der Waals surface area contributed by atoms with Crippen LogP contribution < -0.4 is 5.32 Å². The maximum Gasteiger partial charge on any atom is 0.166 e. The van der Waals surface area contributed by atoms with Gasteiger partial charge in [-0.3, -0.25) is 0 Å². The van der Waals surface area contributed by atoms with Crippen LogP contribution in [-0.2, 0) is 0 Å². The lowest BCUT2D eigenvalue weighted by molar-refractivity contribution is 0.622. The van der Waals surface area contributed by atoms with Gasteiger partial charge >= 0.3 is 0 Å². The van der Waals surface area contributed by atoms with E-state index >= 15 is 0 Å². The van der Waals surface area contributed by atoms with Gasteiger partial charge in [0.25, 0.3) is 0 Å². The standard InChI is InChI=1S/C13H16BrFN2/c14-11-8-12(15)13(17-9-11)16-7-6-10-4-2-1-3-5-10/h4,8-9H,1-3,5-7H2,(H,16,17). The molecule has 1 aliphatic carbocycles. The number of rotatable bonds is 4. The molecule has 0 amide bonds. The molecule has 0 unspecified atom stereocenters. The summed E-state index contributed by atoms with van der Waals surface area (Å²) in [7, 11) is 0. The van der Waals surface area contributed by atoms with Gasteiger partial charge in [0.05, 0.1) is 0 Å². The second kappa shape index (κ2) is 6.15. The van der Waals surface area contributed by atoms with Crippen molar-refractivity contribution in [3.8, 4) is 0 Å². The molecule has 0 atom stereocenters. The molecule has 1 heterocycles. The molecule has 4 heteroatoms. The van der Waals surface area contributed by atoms with Crippen LogP contribution in [0.3, 0.4) is 0 Å². The van der Waals surface area contributed by atoms with Crippen LogP contribution in [-0.4, -0.2) is 11.5 Å². The molecule has 1 aromatic rings. The van der Waals surface area contributed by atoms with Crippen LogP contribution in [0.2, 0.25) is 0 Å². The smallest absolute Gasteiger partial charge is 0.166 e. The van der Waals surface area contributed by atoms with Crippen molar-refractivity contribution in [3.63, 3.8) is 0 Å². The van der Waals surface area contributed by atoms with Crippen LogP contribution in [0.25, 0.3) is 0 Å². The molecule has 1 aliphatic rings. The molecule has 0 saturated heterocycles. The number of nitrogens with one attached hydrogen (secondary N) is 1. The number of nitrogens with zero attached hydrogens (tertiary/aromatic N) is 1. The molecule has 17 heavy (non-hydrogen) atoms. The highest BCUT2D eigenvalue weighted by atomic mass is 79.9. The van der Waals surface area contributed by atoms with E-state index in [-0.39, 0.29) is 5.82 Å². The molecule has 0 saturated carbocycles. The fourth-order valence-electron chi connectivity index (χ4n) is 2.02. The van der Waals surface area contributed by atoms with Crippen molar-refractivity contribution in [3.05, 3.63) is 34.2 Å². The summed E-state index contributed by atoms with van der Waals surface area (Å²) in [5, 5.41) is 3.04. The SMILES string of the molecule is Fc1cc(Br)cnc1NCCC1=CCCCC1. The largest absolute Gasteiger partial charge is 0.367 e. The van der Waals surface area contributed by atoms with Crippen LogP contribution in [0.5, 0.6) is 0 Å². The summed E-state index contributed by atoms with van der Waals surface area (Å²) < 4.78 is 14.1. The number of aromatic nitrogens is 1. The van der Waals surface area contributed by atoms with Crippen LogP contribution in [0.1, 0.15) is 32.1 Å². The third kappa shape index (κ3) is 3.80. The Morgan fingerprint density at radius 2 is 2.29 bits per heavy atom. The third-order valence-electron chi connectivity index (χ3n) is 2.93. The van der Waals surface area contributed by atoms with E-state index in [0.29, 0.717) is 10.3 Å². The van der Waals surface area contributed by atoms with E-state index < -0.39 is 0 Å². The summed E-state index contributed by atoms with van der Waals surface area (Å²) in [6.45, 7) is 0.747. The van der Waals surface area contributed by atoms with Gasteiger partial charge < -0.3 is 5.32 Å². The predicted octanol–water partition coefficient (Wildman–Crippen LogP) is 4.29. The maximum atomic E-state index is 13.4. The molecule has 0 aromatic carbocycles. The van der Waals surface area contributed by atoms with Gasteiger partial charge in [-0.2, -0.15) is 0 Å². The van der Waals surface area contributed by atoms with E-state index in [2.05, 4.69) is 32.3 Å². The van der Waals surface area contributed by atoms with E-state index in [1.165, 1.54) is 37.3 Å². The Morgan fingerprint density at radius 3 is 3.00 bits per heavy atom. The van der Waals surface area contributed by atoms with Gasteiger partial charge in [-0.1, -0.05) is 11.6 Å². The van der Waals surface area contributed by atoms with Gasteiger partial charge in [0.1, 0.15) is 0 Å². The van der Waals surface area contributed by atoms with Crippen molar-refractivity contribution >= 4 is 21.7 Å². The normalized spacial score (nSPS) is 15.5. The van der Waals surface area contributed by atoms with Crippen molar-refractivity contribution in [1.29, 1.82) is 0 Å². The van der Waals surface area contributed by atoms with Crippen molar-refractivity contribution in [2.75, 3.05) is 11.9 Å². The topological polar surface area (TPSA) is 24.9 Å². The van der Waals surface area contributed by atoms with Gasteiger partial charge in [0.15, 0.2) is 11.6 Å². The molecule has 0 spiro atoms. The fourth-order valence-corrected chi connectivity index (χ4v) is 2.32. The van der Waals surface area contributed by atoms with E-state index in [1.807, 2.05) is 0 Å². The van der Waals surface area contributed by atoms with E-state index in [1.54, 1.807) is 6.20 Å². The highest BCUT2D eigenvalue weighted by Crippen LogP contribution is 2.20. The number of anilines is 1. The zero-order valence-corrected chi connectivity index (χ0v) is 11.3. The summed E-state index contributed by atoms with van der Waals surface area (Å²) in [6.07, 6.45) is 9.88. The lowest BCUT2D eigenvalue weighted by atomic mass is 9.97. The lowest BCUT2D eigenvalue weighted by Crippen LogP contribution is -2.07. The average molecular weight is 299 g/mol. The Balaban J connectivity index is 1.83. The molecular weight excluding hydrogens is 283 g/mol. The highest BCUT2D eigenvalue weighted by Gasteiger charge is 2.06. The molecule has 0 radical (unpaired) electrons. The lowest BCUT2D eigenvalue weighted by Gasteiger charge is -2.13. The first kappa shape index (κ1) is 12.6. The van der Waals surface area contributed by atoms with Crippen molar-refractivity contribution < 1.29 is 4.39 Å². The molecule has 92 valence electrons. The Morgan fingerprint density at radius 1 is 1.41 bits per heavy atom. The van der Waals surface area contributed by atoms with Gasteiger partial charge in [-0.05, 0) is 54.1 Å². The summed E-state index contributed by atoms with van der Waals surface area (Å²) >= 11 is 3.19. The Kier molecular flexibility index (Phi) is 4.54. The maximum absolute atomic E-state index is 13.4.